The van der Waals surface area contributed by atoms with Gasteiger partial charge in [-0.15, -0.1) is 0 Å². The number of aryl methyl sites for hydroxylation is 1. The highest BCUT2D eigenvalue weighted by Crippen LogP contribution is 2.24. The maximum absolute atomic E-state index is 13.3. The van der Waals surface area contributed by atoms with Crippen molar-refractivity contribution >= 4 is 11.6 Å². The molecule has 0 saturated heterocycles. The average molecular weight is 310 g/mol. The molecule has 1 N–H and O–H groups in total. The maximum atomic E-state index is 13.3. The zero-order valence-electron chi connectivity index (χ0n) is 12.1. The highest BCUT2D eigenvalue weighted by molar-refractivity contribution is 6.31. The van der Waals surface area contributed by atoms with E-state index < -0.39 is 11.6 Å². The van der Waals surface area contributed by atoms with Crippen LogP contribution in [0.5, 0.6) is 0 Å². The zero-order chi connectivity index (χ0) is 15.4. The molecule has 0 saturated carbocycles. The quantitative estimate of drug-likeness (QED) is 0.835. The van der Waals surface area contributed by atoms with Gasteiger partial charge in [0.05, 0.1) is 0 Å². The Bertz CT molecular complexity index is 608. The van der Waals surface area contributed by atoms with Crippen molar-refractivity contribution in [3.05, 3.63) is 69.7 Å². The van der Waals surface area contributed by atoms with Crippen molar-refractivity contribution in [2.75, 3.05) is 6.54 Å². The Morgan fingerprint density at radius 1 is 1.10 bits per heavy atom. The fourth-order valence-electron chi connectivity index (χ4n) is 2.34. The molecule has 0 heterocycles. The summed E-state index contributed by atoms with van der Waals surface area (Å²) in [7, 11) is 0. The fraction of sp³-hybridized carbons (Fsp3) is 0.294. The second kappa shape index (κ2) is 7.01. The van der Waals surface area contributed by atoms with Crippen molar-refractivity contribution in [1.82, 2.24) is 5.32 Å². The lowest BCUT2D eigenvalue weighted by Gasteiger charge is -2.19. The number of halogens is 3. The molecule has 1 atom stereocenters. The van der Waals surface area contributed by atoms with Gasteiger partial charge in [-0.2, -0.15) is 0 Å². The van der Waals surface area contributed by atoms with Gasteiger partial charge in [0.15, 0.2) is 0 Å². The van der Waals surface area contributed by atoms with E-state index in [1.165, 1.54) is 12.1 Å². The van der Waals surface area contributed by atoms with Gasteiger partial charge in [0.25, 0.3) is 0 Å². The minimum Gasteiger partial charge on any atom is -0.310 e. The van der Waals surface area contributed by atoms with Gasteiger partial charge in [-0.1, -0.05) is 30.7 Å². The standard InChI is InChI=1S/C17H18ClF2N/c1-3-21-17(13-5-4-11(2)16(18)9-13)8-12-6-14(19)10-15(20)7-12/h4-7,9-10,17,21H,3,8H2,1-2H3. The van der Waals surface area contributed by atoms with Gasteiger partial charge in [0.2, 0.25) is 0 Å². The highest BCUT2D eigenvalue weighted by atomic mass is 35.5. The summed E-state index contributed by atoms with van der Waals surface area (Å²) in [6.45, 7) is 4.69. The Balaban J connectivity index is 2.27. The van der Waals surface area contributed by atoms with Crippen LogP contribution in [0.25, 0.3) is 0 Å². The van der Waals surface area contributed by atoms with Crippen molar-refractivity contribution in [2.45, 2.75) is 26.3 Å². The predicted molar refractivity (Wildman–Crippen MR) is 82.7 cm³/mol. The van der Waals surface area contributed by atoms with E-state index in [1.54, 1.807) is 0 Å². The molecule has 0 aliphatic heterocycles. The summed E-state index contributed by atoms with van der Waals surface area (Å²) < 4.78 is 26.6. The molecule has 0 spiro atoms. The van der Waals surface area contributed by atoms with Gasteiger partial charge >= 0.3 is 0 Å². The Hall–Kier alpha value is -1.45. The van der Waals surface area contributed by atoms with Crippen LogP contribution in [0.2, 0.25) is 5.02 Å². The van der Waals surface area contributed by atoms with Crippen molar-refractivity contribution in [2.24, 2.45) is 0 Å². The summed E-state index contributed by atoms with van der Waals surface area (Å²) in [6, 6.07) is 9.42. The van der Waals surface area contributed by atoms with Crippen LogP contribution in [0.15, 0.2) is 36.4 Å². The summed E-state index contributed by atoms with van der Waals surface area (Å²) >= 11 is 6.16. The molecule has 1 nitrogen and oxygen atoms in total. The van der Waals surface area contributed by atoms with E-state index >= 15 is 0 Å². The van der Waals surface area contributed by atoms with Gasteiger partial charge in [-0.05, 0) is 54.8 Å². The Morgan fingerprint density at radius 3 is 2.33 bits per heavy atom. The topological polar surface area (TPSA) is 12.0 Å². The first-order valence-electron chi connectivity index (χ1n) is 6.94. The molecule has 2 rings (SSSR count). The van der Waals surface area contributed by atoms with E-state index in [9.17, 15) is 8.78 Å². The number of hydrogen-bond donors (Lipinski definition) is 1. The van der Waals surface area contributed by atoms with Crippen molar-refractivity contribution in [3.8, 4) is 0 Å². The second-order valence-corrected chi connectivity index (χ2v) is 5.51. The molecule has 0 bridgehead atoms. The first-order valence-corrected chi connectivity index (χ1v) is 7.31. The van der Waals surface area contributed by atoms with Crippen LogP contribution in [0, 0.1) is 18.6 Å². The number of benzene rings is 2. The maximum Gasteiger partial charge on any atom is 0.126 e. The van der Waals surface area contributed by atoms with Crippen LogP contribution in [-0.4, -0.2) is 6.54 Å². The molecule has 112 valence electrons. The van der Waals surface area contributed by atoms with E-state index in [1.807, 2.05) is 32.0 Å². The van der Waals surface area contributed by atoms with E-state index in [2.05, 4.69) is 5.32 Å². The second-order valence-electron chi connectivity index (χ2n) is 5.10. The molecule has 0 aliphatic rings. The molecule has 2 aromatic carbocycles. The monoisotopic (exact) mass is 309 g/mol. The van der Waals surface area contributed by atoms with Gasteiger partial charge in [0.1, 0.15) is 11.6 Å². The molecule has 0 radical (unpaired) electrons. The lowest BCUT2D eigenvalue weighted by molar-refractivity contribution is 0.539. The summed E-state index contributed by atoms with van der Waals surface area (Å²) in [5.74, 6) is -1.11. The summed E-state index contributed by atoms with van der Waals surface area (Å²) in [6.07, 6.45) is 0.502. The summed E-state index contributed by atoms with van der Waals surface area (Å²) in [4.78, 5) is 0. The van der Waals surface area contributed by atoms with Crippen molar-refractivity contribution in [1.29, 1.82) is 0 Å². The number of likely N-dealkylation sites (N-methyl/N-ethyl adjacent to an activating group) is 1. The minimum atomic E-state index is -0.554. The third kappa shape index (κ3) is 4.26. The molecule has 0 aromatic heterocycles. The van der Waals surface area contributed by atoms with Crippen molar-refractivity contribution < 1.29 is 8.78 Å². The molecule has 0 amide bonds. The average Bonchev–Trinajstić information content (AvgIpc) is 2.40. The minimum absolute atomic E-state index is 0.0331. The summed E-state index contributed by atoms with van der Waals surface area (Å²) in [5, 5.41) is 4.02. The van der Waals surface area contributed by atoms with Crippen LogP contribution in [0.3, 0.4) is 0 Å². The van der Waals surface area contributed by atoms with Crippen LogP contribution in [-0.2, 0) is 6.42 Å². The predicted octanol–water partition coefficient (Wildman–Crippen LogP) is 4.82. The SMILES string of the molecule is CCNC(Cc1cc(F)cc(F)c1)c1ccc(C)c(Cl)c1. The van der Waals surface area contributed by atoms with Crippen molar-refractivity contribution in [3.63, 3.8) is 0 Å². The highest BCUT2D eigenvalue weighted by Gasteiger charge is 2.13. The molecule has 1 unspecified atom stereocenters. The first-order chi connectivity index (χ1) is 9.99. The van der Waals surface area contributed by atoms with Crippen LogP contribution in [0.1, 0.15) is 29.7 Å². The van der Waals surface area contributed by atoms with Crippen LogP contribution in [0.4, 0.5) is 8.78 Å². The van der Waals surface area contributed by atoms with Gasteiger partial charge in [0, 0.05) is 17.1 Å². The number of rotatable bonds is 5. The lowest BCUT2D eigenvalue weighted by atomic mass is 9.97. The Morgan fingerprint density at radius 2 is 1.76 bits per heavy atom. The van der Waals surface area contributed by atoms with E-state index in [4.69, 9.17) is 11.6 Å². The lowest BCUT2D eigenvalue weighted by Crippen LogP contribution is -2.23. The van der Waals surface area contributed by atoms with Crippen LogP contribution >= 0.6 is 11.6 Å². The Kier molecular flexibility index (Phi) is 5.32. The van der Waals surface area contributed by atoms with Crippen LogP contribution < -0.4 is 5.32 Å². The smallest absolute Gasteiger partial charge is 0.126 e. The zero-order valence-corrected chi connectivity index (χ0v) is 12.8. The third-order valence-electron chi connectivity index (χ3n) is 3.41. The molecule has 21 heavy (non-hydrogen) atoms. The van der Waals surface area contributed by atoms with E-state index in [-0.39, 0.29) is 6.04 Å². The fourth-order valence-corrected chi connectivity index (χ4v) is 2.53. The van der Waals surface area contributed by atoms with Gasteiger partial charge in [-0.25, -0.2) is 8.78 Å². The molecular formula is C17H18ClF2N. The Labute approximate surface area is 128 Å². The van der Waals surface area contributed by atoms with E-state index in [0.29, 0.717) is 17.0 Å². The molecule has 2 aromatic rings. The van der Waals surface area contributed by atoms with E-state index in [0.717, 1.165) is 23.7 Å². The van der Waals surface area contributed by atoms with Gasteiger partial charge < -0.3 is 5.32 Å². The number of hydrogen-bond acceptors (Lipinski definition) is 1. The number of nitrogens with one attached hydrogen (secondary N) is 1. The third-order valence-corrected chi connectivity index (χ3v) is 3.82. The first kappa shape index (κ1) is 15.9. The molecule has 4 heteroatoms. The molecule has 0 aliphatic carbocycles. The largest absolute Gasteiger partial charge is 0.310 e. The van der Waals surface area contributed by atoms with Gasteiger partial charge in [-0.3, -0.25) is 0 Å². The molecule has 0 fully saturated rings. The normalized spacial score (nSPS) is 12.4. The summed E-state index contributed by atoms with van der Waals surface area (Å²) in [5.41, 5.74) is 2.64. The molecular weight excluding hydrogens is 292 g/mol.